The van der Waals surface area contributed by atoms with Crippen molar-refractivity contribution < 1.29 is 0 Å². The van der Waals surface area contributed by atoms with Crippen LogP contribution in [-0.2, 0) is 6.54 Å². The summed E-state index contributed by atoms with van der Waals surface area (Å²) in [4.78, 5) is 13.0. The molecule has 0 aliphatic heterocycles. The standard InChI is InChI=1S/C11H16N6/c1-4-17-6-13-5-9(17)11-14-8(3)7(2)10(15-11)16-12/h5-6H,4,12H2,1-3H3,(H,14,15,16). The average molecular weight is 232 g/mol. The number of rotatable bonds is 3. The van der Waals surface area contributed by atoms with Crippen LogP contribution in [0.4, 0.5) is 5.82 Å². The van der Waals surface area contributed by atoms with Crippen molar-refractivity contribution >= 4 is 5.82 Å². The van der Waals surface area contributed by atoms with Crippen molar-refractivity contribution in [2.24, 2.45) is 5.84 Å². The second-order valence-corrected chi connectivity index (χ2v) is 3.82. The number of nitrogens with zero attached hydrogens (tertiary/aromatic N) is 4. The van der Waals surface area contributed by atoms with Crippen LogP contribution in [0.5, 0.6) is 0 Å². The first-order valence-corrected chi connectivity index (χ1v) is 5.49. The fourth-order valence-electron chi connectivity index (χ4n) is 1.64. The molecule has 6 heteroatoms. The maximum Gasteiger partial charge on any atom is 0.180 e. The third-order valence-corrected chi connectivity index (χ3v) is 2.81. The lowest BCUT2D eigenvalue weighted by atomic mass is 10.2. The predicted molar refractivity (Wildman–Crippen MR) is 66.2 cm³/mol. The van der Waals surface area contributed by atoms with Gasteiger partial charge in [0.1, 0.15) is 11.5 Å². The number of nitrogens with one attached hydrogen (secondary N) is 1. The molecule has 2 heterocycles. The summed E-state index contributed by atoms with van der Waals surface area (Å²) in [7, 11) is 0. The Morgan fingerprint density at radius 1 is 1.35 bits per heavy atom. The molecule has 0 saturated heterocycles. The Bertz CT molecular complexity index is 531. The van der Waals surface area contributed by atoms with E-state index in [1.807, 2.05) is 25.3 Å². The summed E-state index contributed by atoms with van der Waals surface area (Å²) in [5.41, 5.74) is 5.36. The highest BCUT2D eigenvalue weighted by Crippen LogP contribution is 2.20. The van der Waals surface area contributed by atoms with Gasteiger partial charge >= 0.3 is 0 Å². The van der Waals surface area contributed by atoms with Gasteiger partial charge in [0.25, 0.3) is 0 Å². The molecule has 0 aliphatic carbocycles. The normalized spacial score (nSPS) is 10.6. The molecule has 17 heavy (non-hydrogen) atoms. The van der Waals surface area contributed by atoms with E-state index in [1.54, 1.807) is 12.5 Å². The quantitative estimate of drug-likeness (QED) is 0.615. The number of hydrogen-bond donors (Lipinski definition) is 2. The van der Waals surface area contributed by atoms with Gasteiger partial charge in [0.2, 0.25) is 0 Å². The number of nitrogen functional groups attached to an aromatic ring is 1. The highest BCUT2D eigenvalue weighted by molar-refractivity contribution is 5.55. The highest BCUT2D eigenvalue weighted by atomic mass is 15.3. The maximum absolute atomic E-state index is 5.45. The third kappa shape index (κ3) is 1.99. The van der Waals surface area contributed by atoms with Crippen LogP contribution in [0.1, 0.15) is 18.2 Å². The summed E-state index contributed by atoms with van der Waals surface area (Å²) in [6.07, 6.45) is 3.53. The minimum Gasteiger partial charge on any atom is -0.328 e. The number of aryl methyl sites for hydroxylation is 2. The molecule has 0 fully saturated rings. The van der Waals surface area contributed by atoms with Gasteiger partial charge in [0.15, 0.2) is 5.82 Å². The van der Waals surface area contributed by atoms with E-state index in [9.17, 15) is 0 Å². The molecule has 90 valence electrons. The second kappa shape index (κ2) is 4.50. The summed E-state index contributed by atoms with van der Waals surface area (Å²) in [5, 5.41) is 0. The smallest absolute Gasteiger partial charge is 0.180 e. The number of imidazole rings is 1. The molecule has 2 rings (SSSR count). The number of hydrazine groups is 1. The SMILES string of the molecule is CCn1cncc1-c1nc(C)c(C)c(NN)n1. The van der Waals surface area contributed by atoms with E-state index in [2.05, 4.69) is 20.4 Å². The first-order valence-electron chi connectivity index (χ1n) is 5.49. The molecule has 6 nitrogen and oxygen atoms in total. The molecule has 0 aliphatic rings. The van der Waals surface area contributed by atoms with Crippen LogP contribution in [0, 0.1) is 13.8 Å². The fraction of sp³-hybridized carbons (Fsp3) is 0.364. The van der Waals surface area contributed by atoms with Crippen molar-refractivity contribution in [3.63, 3.8) is 0 Å². The molecular formula is C11H16N6. The monoisotopic (exact) mass is 232 g/mol. The van der Waals surface area contributed by atoms with Crippen LogP contribution >= 0.6 is 0 Å². The van der Waals surface area contributed by atoms with E-state index < -0.39 is 0 Å². The number of anilines is 1. The van der Waals surface area contributed by atoms with Crippen LogP contribution in [0.2, 0.25) is 0 Å². The van der Waals surface area contributed by atoms with Crippen LogP contribution in [0.25, 0.3) is 11.5 Å². The first-order chi connectivity index (χ1) is 8.17. The van der Waals surface area contributed by atoms with E-state index in [0.717, 1.165) is 23.5 Å². The zero-order chi connectivity index (χ0) is 12.4. The number of aromatic nitrogens is 4. The maximum atomic E-state index is 5.45. The summed E-state index contributed by atoms with van der Waals surface area (Å²) in [5.74, 6) is 6.74. The molecule has 0 unspecified atom stereocenters. The lowest BCUT2D eigenvalue weighted by Gasteiger charge is -2.10. The zero-order valence-corrected chi connectivity index (χ0v) is 10.2. The van der Waals surface area contributed by atoms with Crippen molar-refractivity contribution in [3.8, 4) is 11.5 Å². The lowest BCUT2D eigenvalue weighted by Crippen LogP contribution is -2.13. The zero-order valence-electron chi connectivity index (χ0n) is 10.2. The van der Waals surface area contributed by atoms with Crippen LogP contribution in [-0.4, -0.2) is 19.5 Å². The van der Waals surface area contributed by atoms with Crippen molar-refractivity contribution in [2.75, 3.05) is 5.43 Å². The largest absolute Gasteiger partial charge is 0.328 e. The Balaban J connectivity index is 2.57. The van der Waals surface area contributed by atoms with Gasteiger partial charge in [-0.1, -0.05) is 0 Å². The molecule has 2 aromatic heterocycles. The highest BCUT2D eigenvalue weighted by Gasteiger charge is 2.11. The Labute approximate surface area is 99.9 Å². The minimum absolute atomic E-state index is 0.639. The minimum atomic E-state index is 0.639. The van der Waals surface area contributed by atoms with Crippen molar-refractivity contribution in [2.45, 2.75) is 27.3 Å². The third-order valence-electron chi connectivity index (χ3n) is 2.81. The van der Waals surface area contributed by atoms with Crippen molar-refractivity contribution in [1.82, 2.24) is 19.5 Å². The summed E-state index contributed by atoms with van der Waals surface area (Å²) < 4.78 is 1.99. The Morgan fingerprint density at radius 2 is 2.12 bits per heavy atom. The topological polar surface area (TPSA) is 81.7 Å². The molecular weight excluding hydrogens is 216 g/mol. The van der Waals surface area contributed by atoms with E-state index in [1.165, 1.54) is 0 Å². The average Bonchev–Trinajstić information content (AvgIpc) is 2.80. The van der Waals surface area contributed by atoms with Crippen LogP contribution in [0.15, 0.2) is 12.5 Å². The molecule has 0 aromatic carbocycles. The Hall–Kier alpha value is -1.95. The molecule has 0 amide bonds. The lowest BCUT2D eigenvalue weighted by molar-refractivity contribution is 0.763. The van der Waals surface area contributed by atoms with Gasteiger partial charge in [-0.2, -0.15) is 0 Å². The summed E-state index contributed by atoms with van der Waals surface area (Å²) in [6, 6.07) is 0. The van der Waals surface area contributed by atoms with Crippen molar-refractivity contribution in [3.05, 3.63) is 23.8 Å². The predicted octanol–water partition coefficient (Wildman–Crippen LogP) is 1.26. The molecule has 0 bridgehead atoms. The van der Waals surface area contributed by atoms with Crippen molar-refractivity contribution in [1.29, 1.82) is 0 Å². The van der Waals surface area contributed by atoms with Gasteiger partial charge in [-0.3, -0.25) is 0 Å². The van der Waals surface area contributed by atoms with E-state index in [4.69, 9.17) is 5.84 Å². The van der Waals surface area contributed by atoms with E-state index in [0.29, 0.717) is 11.6 Å². The number of hydrogen-bond acceptors (Lipinski definition) is 5. The van der Waals surface area contributed by atoms with E-state index in [-0.39, 0.29) is 0 Å². The summed E-state index contributed by atoms with van der Waals surface area (Å²) >= 11 is 0. The second-order valence-electron chi connectivity index (χ2n) is 3.82. The summed E-state index contributed by atoms with van der Waals surface area (Å²) in [6.45, 7) is 6.75. The van der Waals surface area contributed by atoms with Gasteiger partial charge < -0.3 is 9.99 Å². The fourth-order valence-corrected chi connectivity index (χ4v) is 1.64. The molecule has 0 atom stereocenters. The number of nitrogens with two attached hydrogens (primary N) is 1. The first kappa shape index (κ1) is 11.5. The molecule has 3 N–H and O–H groups in total. The van der Waals surface area contributed by atoms with E-state index >= 15 is 0 Å². The van der Waals surface area contributed by atoms with Crippen LogP contribution in [0.3, 0.4) is 0 Å². The van der Waals surface area contributed by atoms with Gasteiger partial charge in [0, 0.05) is 17.8 Å². The van der Waals surface area contributed by atoms with Gasteiger partial charge in [-0.25, -0.2) is 20.8 Å². The van der Waals surface area contributed by atoms with Crippen LogP contribution < -0.4 is 11.3 Å². The molecule has 0 spiro atoms. The van der Waals surface area contributed by atoms with Gasteiger partial charge in [0.05, 0.1) is 12.5 Å². The van der Waals surface area contributed by atoms with Gasteiger partial charge in [-0.05, 0) is 20.8 Å². The molecule has 2 aromatic rings. The Morgan fingerprint density at radius 3 is 2.76 bits per heavy atom. The molecule has 0 radical (unpaired) electrons. The molecule has 0 saturated carbocycles. The Kier molecular flexibility index (Phi) is 3.06. The van der Waals surface area contributed by atoms with Gasteiger partial charge in [-0.15, -0.1) is 0 Å².